The quantitative estimate of drug-likeness (QED) is 0.773. The maximum Gasteiger partial charge on any atom is 0.257 e. The molecule has 0 aliphatic carbocycles. The van der Waals surface area contributed by atoms with Crippen LogP contribution in [0, 0.1) is 0 Å². The molecule has 1 amide bonds. The fraction of sp³-hybridized carbons (Fsp3) is 0.0588. The van der Waals surface area contributed by atoms with E-state index in [2.05, 4.69) is 10.3 Å². The number of carbonyl (C=O) groups is 1. The average Bonchev–Trinajstić information content (AvgIpc) is 2.53. The molecular weight excluding hydrogens is 264 g/mol. The molecule has 3 rings (SSSR count). The van der Waals surface area contributed by atoms with Gasteiger partial charge < -0.3 is 10.3 Å². The smallest absolute Gasteiger partial charge is 0.257 e. The van der Waals surface area contributed by atoms with Crippen LogP contribution in [-0.4, -0.2) is 10.9 Å². The highest BCUT2D eigenvalue weighted by atomic mass is 16.2. The van der Waals surface area contributed by atoms with Crippen LogP contribution in [0.25, 0.3) is 10.8 Å². The number of pyridine rings is 1. The van der Waals surface area contributed by atoms with Gasteiger partial charge in [-0.05, 0) is 16.3 Å². The van der Waals surface area contributed by atoms with E-state index in [1.807, 2.05) is 42.5 Å². The van der Waals surface area contributed by atoms with Gasteiger partial charge in [0.25, 0.3) is 5.91 Å². The molecule has 2 aromatic carbocycles. The summed E-state index contributed by atoms with van der Waals surface area (Å²) < 4.78 is 0. The van der Waals surface area contributed by atoms with Crippen molar-refractivity contribution in [1.29, 1.82) is 0 Å². The van der Waals surface area contributed by atoms with Gasteiger partial charge in [0.2, 0.25) is 0 Å². The number of aromatic nitrogens is 1. The molecule has 2 N–H and O–H groups in total. The van der Waals surface area contributed by atoms with Gasteiger partial charge in [-0.25, -0.2) is 0 Å². The number of nitrogens with one attached hydrogen (secondary N) is 2. The van der Waals surface area contributed by atoms with Crippen LogP contribution in [0.3, 0.4) is 0 Å². The summed E-state index contributed by atoms with van der Waals surface area (Å²) in [5.41, 5.74) is 0.857. The first-order valence-electron chi connectivity index (χ1n) is 6.67. The third-order valence-electron chi connectivity index (χ3n) is 3.39. The first-order chi connectivity index (χ1) is 10.3. The Labute approximate surface area is 121 Å². The summed E-state index contributed by atoms with van der Waals surface area (Å²) in [7, 11) is 0. The number of fused-ring (bicyclic) bond motifs is 1. The van der Waals surface area contributed by atoms with Crippen LogP contribution in [0.4, 0.5) is 0 Å². The summed E-state index contributed by atoms with van der Waals surface area (Å²) in [6, 6.07) is 15.3. The molecule has 0 unspecified atom stereocenters. The van der Waals surface area contributed by atoms with Gasteiger partial charge in [0.1, 0.15) is 5.56 Å². The second kappa shape index (κ2) is 5.63. The summed E-state index contributed by atoms with van der Waals surface area (Å²) in [4.78, 5) is 26.4. The molecule has 4 nitrogen and oxygen atoms in total. The Morgan fingerprint density at radius 1 is 1.05 bits per heavy atom. The maximum absolute atomic E-state index is 12.0. The molecular formula is C17H14N2O2. The van der Waals surface area contributed by atoms with E-state index in [1.54, 1.807) is 0 Å². The fourth-order valence-electron chi connectivity index (χ4n) is 2.31. The predicted octanol–water partition coefficient (Wildman–Crippen LogP) is 2.46. The lowest BCUT2D eigenvalue weighted by Gasteiger charge is -2.08. The highest BCUT2D eigenvalue weighted by molar-refractivity contribution is 5.94. The number of amides is 1. The van der Waals surface area contributed by atoms with Crippen LogP contribution < -0.4 is 10.7 Å². The number of hydrogen-bond acceptors (Lipinski definition) is 2. The first kappa shape index (κ1) is 13.1. The van der Waals surface area contributed by atoms with Crippen LogP contribution >= 0.6 is 0 Å². The molecule has 0 bridgehead atoms. The van der Waals surface area contributed by atoms with E-state index in [4.69, 9.17) is 0 Å². The number of H-pyrrole nitrogens is 1. The molecule has 21 heavy (non-hydrogen) atoms. The minimum Gasteiger partial charge on any atom is -0.367 e. The minimum absolute atomic E-state index is 0.123. The van der Waals surface area contributed by atoms with Crippen LogP contribution in [0.15, 0.2) is 65.7 Å². The van der Waals surface area contributed by atoms with Crippen LogP contribution in [0.1, 0.15) is 15.9 Å². The molecule has 0 atom stereocenters. The highest BCUT2D eigenvalue weighted by Crippen LogP contribution is 2.18. The number of carbonyl (C=O) groups excluding carboxylic acids is 1. The second-order valence-electron chi connectivity index (χ2n) is 4.74. The van der Waals surface area contributed by atoms with E-state index in [9.17, 15) is 9.59 Å². The third-order valence-corrected chi connectivity index (χ3v) is 3.39. The Balaban J connectivity index is 1.83. The second-order valence-corrected chi connectivity index (χ2v) is 4.74. The lowest BCUT2D eigenvalue weighted by molar-refractivity contribution is 0.0949. The van der Waals surface area contributed by atoms with Gasteiger partial charge in [0.05, 0.1) is 0 Å². The molecule has 1 aromatic heterocycles. The largest absolute Gasteiger partial charge is 0.367 e. The summed E-state index contributed by atoms with van der Waals surface area (Å²) in [5, 5.41) is 5.02. The van der Waals surface area contributed by atoms with E-state index >= 15 is 0 Å². The van der Waals surface area contributed by atoms with Gasteiger partial charge in [0.15, 0.2) is 5.43 Å². The molecule has 0 aliphatic rings. The molecule has 0 aliphatic heterocycles. The molecule has 0 spiro atoms. The first-order valence-corrected chi connectivity index (χ1v) is 6.67. The van der Waals surface area contributed by atoms with Gasteiger partial charge in [0, 0.05) is 25.0 Å². The van der Waals surface area contributed by atoms with E-state index in [0.29, 0.717) is 6.54 Å². The number of rotatable bonds is 3. The molecule has 104 valence electrons. The Morgan fingerprint density at radius 2 is 1.86 bits per heavy atom. The van der Waals surface area contributed by atoms with Crippen molar-refractivity contribution >= 4 is 16.7 Å². The number of aromatic amines is 1. The van der Waals surface area contributed by atoms with Crippen molar-refractivity contribution in [2.24, 2.45) is 0 Å². The van der Waals surface area contributed by atoms with Crippen LogP contribution in [0.5, 0.6) is 0 Å². The van der Waals surface area contributed by atoms with Gasteiger partial charge in [-0.2, -0.15) is 0 Å². The normalized spacial score (nSPS) is 10.5. The van der Waals surface area contributed by atoms with Crippen LogP contribution in [-0.2, 0) is 6.54 Å². The zero-order valence-corrected chi connectivity index (χ0v) is 11.3. The zero-order chi connectivity index (χ0) is 14.7. The van der Waals surface area contributed by atoms with E-state index < -0.39 is 0 Å². The molecule has 4 heteroatoms. The monoisotopic (exact) mass is 278 g/mol. The summed E-state index contributed by atoms with van der Waals surface area (Å²) in [6.45, 7) is 0.383. The molecule has 0 radical (unpaired) electrons. The van der Waals surface area contributed by atoms with Gasteiger partial charge in [-0.1, -0.05) is 42.5 Å². The molecule has 3 aromatic rings. The Hall–Kier alpha value is -2.88. The summed E-state index contributed by atoms with van der Waals surface area (Å²) in [5.74, 6) is -0.371. The minimum atomic E-state index is -0.371. The lowest BCUT2D eigenvalue weighted by Crippen LogP contribution is -2.28. The third kappa shape index (κ3) is 2.69. The van der Waals surface area contributed by atoms with E-state index in [0.717, 1.165) is 16.3 Å². The summed E-state index contributed by atoms with van der Waals surface area (Å²) in [6.07, 6.45) is 2.92. The van der Waals surface area contributed by atoms with E-state index in [1.165, 1.54) is 18.5 Å². The Morgan fingerprint density at radius 3 is 2.71 bits per heavy atom. The van der Waals surface area contributed by atoms with Crippen molar-refractivity contribution in [1.82, 2.24) is 10.3 Å². The maximum atomic E-state index is 12.0. The summed E-state index contributed by atoms with van der Waals surface area (Å²) >= 11 is 0. The average molecular weight is 278 g/mol. The van der Waals surface area contributed by atoms with E-state index in [-0.39, 0.29) is 16.9 Å². The highest BCUT2D eigenvalue weighted by Gasteiger charge is 2.09. The van der Waals surface area contributed by atoms with Crippen molar-refractivity contribution in [3.63, 3.8) is 0 Å². The molecule has 0 fully saturated rings. The lowest BCUT2D eigenvalue weighted by atomic mass is 10.0. The van der Waals surface area contributed by atoms with Crippen molar-refractivity contribution in [3.05, 3.63) is 82.3 Å². The van der Waals surface area contributed by atoms with Gasteiger partial charge >= 0.3 is 0 Å². The number of benzene rings is 2. The molecule has 0 saturated carbocycles. The zero-order valence-electron chi connectivity index (χ0n) is 11.3. The van der Waals surface area contributed by atoms with Crippen molar-refractivity contribution in [2.75, 3.05) is 0 Å². The van der Waals surface area contributed by atoms with Gasteiger partial charge in [-0.15, -0.1) is 0 Å². The SMILES string of the molecule is O=C(NCc1cccc2ccccc12)c1c[nH]ccc1=O. The Bertz CT molecular complexity index is 847. The number of hydrogen-bond donors (Lipinski definition) is 2. The standard InChI is InChI=1S/C17H14N2O2/c20-16-8-9-18-11-15(16)17(21)19-10-13-6-3-5-12-4-1-2-7-14(12)13/h1-9,11H,10H2,(H,18,20)(H,19,21). The molecule has 1 heterocycles. The Kier molecular flexibility index (Phi) is 3.51. The predicted molar refractivity (Wildman–Crippen MR) is 82.2 cm³/mol. The van der Waals surface area contributed by atoms with Crippen molar-refractivity contribution in [3.8, 4) is 0 Å². The fourth-order valence-corrected chi connectivity index (χ4v) is 2.31. The van der Waals surface area contributed by atoms with Gasteiger partial charge in [-0.3, -0.25) is 9.59 Å². The topological polar surface area (TPSA) is 62.0 Å². The van der Waals surface area contributed by atoms with Crippen molar-refractivity contribution < 1.29 is 4.79 Å². The van der Waals surface area contributed by atoms with Crippen LogP contribution in [0.2, 0.25) is 0 Å². The molecule has 0 saturated heterocycles. The van der Waals surface area contributed by atoms with Crippen molar-refractivity contribution in [2.45, 2.75) is 6.54 Å².